The summed E-state index contributed by atoms with van der Waals surface area (Å²) in [6.45, 7) is 4.23. The third-order valence-corrected chi connectivity index (χ3v) is 5.47. The van der Waals surface area contributed by atoms with Gasteiger partial charge in [0, 0.05) is 10.1 Å². The van der Waals surface area contributed by atoms with Crippen molar-refractivity contribution in [3.05, 3.63) is 64.7 Å². The average Bonchev–Trinajstić information content (AvgIpc) is 2.87. The summed E-state index contributed by atoms with van der Waals surface area (Å²) in [5.74, 6) is 0. The zero-order chi connectivity index (χ0) is 14.1. The van der Waals surface area contributed by atoms with Gasteiger partial charge in [-0.05, 0) is 49.4 Å². The lowest BCUT2D eigenvalue weighted by Crippen LogP contribution is -2.25. The van der Waals surface area contributed by atoms with Crippen LogP contribution in [0.4, 0.5) is 0 Å². The Labute approximate surface area is 125 Å². The first-order chi connectivity index (χ1) is 9.63. The van der Waals surface area contributed by atoms with E-state index < -0.39 is 0 Å². The molecular formula is C18H20OS. The molecule has 2 aromatic rings. The lowest BCUT2D eigenvalue weighted by Gasteiger charge is -2.18. The summed E-state index contributed by atoms with van der Waals surface area (Å²) in [6, 6.07) is 15.0. The topological polar surface area (TPSA) is 20.2 Å². The lowest BCUT2D eigenvalue weighted by atomic mass is 9.97. The van der Waals surface area contributed by atoms with Crippen LogP contribution in [0.1, 0.15) is 22.3 Å². The van der Waals surface area contributed by atoms with Crippen LogP contribution in [0, 0.1) is 13.8 Å². The molecular weight excluding hydrogens is 264 g/mol. The Kier molecular flexibility index (Phi) is 3.86. The van der Waals surface area contributed by atoms with Crippen molar-refractivity contribution in [3.8, 4) is 0 Å². The molecule has 0 spiro atoms. The highest BCUT2D eigenvalue weighted by molar-refractivity contribution is 8.00. The van der Waals surface area contributed by atoms with Gasteiger partial charge in [0.25, 0.3) is 0 Å². The molecule has 1 heterocycles. The molecule has 0 saturated heterocycles. The van der Waals surface area contributed by atoms with E-state index in [-0.39, 0.29) is 11.4 Å². The third kappa shape index (κ3) is 2.77. The molecule has 0 aromatic heterocycles. The second-order valence-corrected chi connectivity index (χ2v) is 6.95. The molecule has 2 atom stereocenters. The predicted octanol–water partition coefficient (Wildman–Crippen LogP) is 3.92. The summed E-state index contributed by atoms with van der Waals surface area (Å²) < 4.78 is 0. The number of aryl methyl sites for hydroxylation is 2. The van der Waals surface area contributed by atoms with Crippen LogP contribution in [0.5, 0.6) is 0 Å². The fourth-order valence-electron chi connectivity index (χ4n) is 2.80. The molecule has 1 aliphatic rings. The minimum absolute atomic E-state index is 0.284. The molecule has 0 amide bonds. The first kappa shape index (κ1) is 13.7. The van der Waals surface area contributed by atoms with Gasteiger partial charge in [0.05, 0.1) is 6.10 Å². The minimum Gasteiger partial charge on any atom is -0.392 e. The molecule has 2 unspecified atom stereocenters. The standard InChI is InChI=1S/C18H20OS/c1-12-7-8-13(2)15(9-12)10-16(19)18-11-14-5-3-4-6-17(14)20-18/h3-9,16,18-19H,10-11H2,1-2H3. The van der Waals surface area contributed by atoms with E-state index in [4.69, 9.17) is 0 Å². The van der Waals surface area contributed by atoms with E-state index in [9.17, 15) is 5.11 Å². The maximum absolute atomic E-state index is 10.6. The number of thioether (sulfide) groups is 1. The Hall–Kier alpha value is -1.25. The van der Waals surface area contributed by atoms with E-state index in [0.717, 1.165) is 12.8 Å². The van der Waals surface area contributed by atoms with E-state index >= 15 is 0 Å². The SMILES string of the molecule is Cc1ccc(C)c(CC(O)C2Cc3ccccc3S2)c1. The van der Waals surface area contributed by atoms with Crippen molar-refractivity contribution < 1.29 is 5.11 Å². The van der Waals surface area contributed by atoms with E-state index in [1.165, 1.54) is 27.1 Å². The van der Waals surface area contributed by atoms with Gasteiger partial charge in [-0.25, -0.2) is 0 Å². The monoisotopic (exact) mass is 284 g/mol. The molecule has 1 nitrogen and oxygen atoms in total. The molecule has 104 valence electrons. The van der Waals surface area contributed by atoms with Crippen molar-refractivity contribution in [2.45, 2.75) is 42.9 Å². The Morgan fingerprint density at radius 1 is 1.20 bits per heavy atom. The minimum atomic E-state index is -0.284. The Morgan fingerprint density at radius 2 is 2.00 bits per heavy atom. The molecule has 0 fully saturated rings. The number of aliphatic hydroxyl groups is 1. The van der Waals surface area contributed by atoms with Gasteiger partial charge in [-0.3, -0.25) is 0 Å². The Morgan fingerprint density at radius 3 is 2.80 bits per heavy atom. The number of hydrogen-bond acceptors (Lipinski definition) is 2. The molecule has 0 aliphatic carbocycles. The van der Waals surface area contributed by atoms with Crippen molar-refractivity contribution in [3.63, 3.8) is 0 Å². The van der Waals surface area contributed by atoms with Gasteiger partial charge in [0.15, 0.2) is 0 Å². The summed E-state index contributed by atoms with van der Waals surface area (Å²) in [5.41, 5.74) is 5.19. The quantitative estimate of drug-likeness (QED) is 0.921. The van der Waals surface area contributed by atoms with Crippen LogP contribution < -0.4 is 0 Å². The van der Waals surface area contributed by atoms with E-state index in [1.54, 1.807) is 0 Å². The van der Waals surface area contributed by atoms with Gasteiger partial charge in [0.2, 0.25) is 0 Å². The summed E-state index contributed by atoms with van der Waals surface area (Å²) in [5, 5.41) is 10.9. The second-order valence-electron chi connectivity index (χ2n) is 5.67. The molecule has 0 radical (unpaired) electrons. The van der Waals surface area contributed by atoms with Crippen molar-refractivity contribution >= 4 is 11.8 Å². The number of hydrogen-bond donors (Lipinski definition) is 1. The van der Waals surface area contributed by atoms with Gasteiger partial charge in [-0.1, -0.05) is 42.0 Å². The summed E-state index contributed by atoms with van der Waals surface area (Å²) in [4.78, 5) is 1.33. The Bertz CT molecular complexity index is 596. The van der Waals surface area contributed by atoms with Crippen LogP contribution in [0.25, 0.3) is 0 Å². The zero-order valence-corrected chi connectivity index (χ0v) is 12.8. The fraction of sp³-hybridized carbons (Fsp3) is 0.333. The Balaban J connectivity index is 1.72. The van der Waals surface area contributed by atoms with Crippen LogP contribution in [0.3, 0.4) is 0 Å². The molecule has 1 N–H and O–H groups in total. The molecule has 0 saturated carbocycles. The first-order valence-electron chi connectivity index (χ1n) is 7.12. The van der Waals surface area contributed by atoms with Crippen molar-refractivity contribution in [1.29, 1.82) is 0 Å². The van der Waals surface area contributed by atoms with Crippen LogP contribution in [-0.4, -0.2) is 16.5 Å². The van der Waals surface area contributed by atoms with E-state index in [2.05, 4.69) is 56.3 Å². The van der Waals surface area contributed by atoms with Crippen LogP contribution >= 0.6 is 11.8 Å². The second kappa shape index (κ2) is 5.63. The molecule has 3 rings (SSSR count). The van der Waals surface area contributed by atoms with Gasteiger partial charge in [-0.2, -0.15) is 0 Å². The van der Waals surface area contributed by atoms with E-state index in [0.29, 0.717) is 0 Å². The molecule has 20 heavy (non-hydrogen) atoms. The number of benzene rings is 2. The fourth-order valence-corrected chi connectivity index (χ4v) is 4.10. The van der Waals surface area contributed by atoms with Gasteiger partial charge in [-0.15, -0.1) is 11.8 Å². The highest BCUT2D eigenvalue weighted by Crippen LogP contribution is 2.39. The predicted molar refractivity (Wildman–Crippen MR) is 85.4 cm³/mol. The van der Waals surface area contributed by atoms with E-state index in [1.807, 2.05) is 11.8 Å². The normalized spacial score (nSPS) is 18.9. The van der Waals surface area contributed by atoms with Crippen LogP contribution in [0.2, 0.25) is 0 Å². The smallest absolute Gasteiger partial charge is 0.0705 e. The zero-order valence-electron chi connectivity index (χ0n) is 12.0. The molecule has 2 aromatic carbocycles. The maximum Gasteiger partial charge on any atom is 0.0705 e. The summed E-state index contributed by atoms with van der Waals surface area (Å²) >= 11 is 1.82. The molecule has 1 aliphatic heterocycles. The number of fused-ring (bicyclic) bond motifs is 1. The van der Waals surface area contributed by atoms with Crippen LogP contribution in [0.15, 0.2) is 47.4 Å². The molecule has 0 bridgehead atoms. The van der Waals surface area contributed by atoms with Crippen LogP contribution in [-0.2, 0) is 12.8 Å². The first-order valence-corrected chi connectivity index (χ1v) is 8.00. The average molecular weight is 284 g/mol. The number of rotatable bonds is 3. The largest absolute Gasteiger partial charge is 0.392 e. The number of aliphatic hydroxyl groups excluding tert-OH is 1. The highest BCUT2D eigenvalue weighted by Gasteiger charge is 2.28. The van der Waals surface area contributed by atoms with Crippen molar-refractivity contribution in [1.82, 2.24) is 0 Å². The van der Waals surface area contributed by atoms with Gasteiger partial charge >= 0.3 is 0 Å². The summed E-state index contributed by atoms with van der Waals surface area (Å²) in [7, 11) is 0. The van der Waals surface area contributed by atoms with Gasteiger partial charge in [0.1, 0.15) is 0 Å². The van der Waals surface area contributed by atoms with Gasteiger partial charge < -0.3 is 5.11 Å². The third-order valence-electron chi connectivity index (χ3n) is 4.03. The maximum atomic E-state index is 10.6. The summed E-state index contributed by atoms with van der Waals surface area (Å²) in [6.07, 6.45) is 1.44. The highest BCUT2D eigenvalue weighted by atomic mass is 32.2. The molecule has 2 heteroatoms. The lowest BCUT2D eigenvalue weighted by molar-refractivity contribution is 0.172. The van der Waals surface area contributed by atoms with Crippen molar-refractivity contribution in [2.75, 3.05) is 0 Å². The van der Waals surface area contributed by atoms with Crippen molar-refractivity contribution in [2.24, 2.45) is 0 Å².